The van der Waals surface area contributed by atoms with Crippen molar-refractivity contribution >= 4 is 17.5 Å². The highest BCUT2D eigenvalue weighted by Crippen LogP contribution is 2.20. The third-order valence-corrected chi connectivity index (χ3v) is 5.70. The van der Waals surface area contributed by atoms with Crippen molar-refractivity contribution in [1.82, 2.24) is 15.2 Å². The Morgan fingerprint density at radius 2 is 1.97 bits per heavy atom. The molecule has 1 saturated heterocycles. The van der Waals surface area contributed by atoms with Crippen LogP contribution in [0.3, 0.4) is 0 Å². The molecule has 1 aliphatic heterocycles. The van der Waals surface area contributed by atoms with Gasteiger partial charge in [-0.2, -0.15) is 0 Å². The molecular weight excluding hydrogens is 433 g/mol. The van der Waals surface area contributed by atoms with Gasteiger partial charge in [0.15, 0.2) is 5.69 Å². The van der Waals surface area contributed by atoms with Crippen LogP contribution >= 0.6 is 11.6 Å². The highest BCUT2D eigenvalue weighted by Gasteiger charge is 2.19. The molecule has 0 aliphatic carbocycles. The van der Waals surface area contributed by atoms with Gasteiger partial charge in [0.25, 0.3) is 5.91 Å². The average Bonchev–Trinajstić information content (AvgIpc) is 3.47. The second-order valence-electron chi connectivity index (χ2n) is 7.83. The number of nitrogens with one attached hydrogen (secondary N) is 1. The van der Waals surface area contributed by atoms with Gasteiger partial charge in [-0.05, 0) is 42.2 Å². The van der Waals surface area contributed by atoms with E-state index in [4.69, 9.17) is 20.8 Å². The number of benzene rings is 2. The predicted molar refractivity (Wildman–Crippen MR) is 119 cm³/mol. The molecule has 0 bridgehead atoms. The molecule has 4 rings (SSSR count). The first-order valence-electron chi connectivity index (χ1n) is 10.6. The van der Waals surface area contributed by atoms with Gasteiger partial charge < -0.3 is 14.5 Å². The van der Waals surface area contributed by atoms with Crippen LogP contribution in [0.15, 0.2) is 59.2 Å². The second kappa shape index (κ2) is 10.7. The molecule has 1 N–H and O–H groups in total. The third-order valence-electron chi connectivity index (χ3n) is 5.33. The molecule has 1 fully saturated rings. The number of amides is 1. The van der Waals surface area contributed by atoms with Gasteiger partial charge in [0, 0.05) is 31.3 Å². The number of halogens is 2. The van der Waals surface area contributed by atoms with Crippen molar-refractivity contribution in [3.05, 3.63) is 88.3 Å². The van der Waals surface area contributed by atoms with E-state index in [1.165, 1.54) is 18.4 Å². The normalized spacial score (nSPS) is 15.9. The van der Waals surface area contributed by atoms with E-state index in [9.17, 15) is 9.18 Å². The Bertz CT molecular complexity index is 1030. The van der Waals surface area contributed by atoms with Crippen LogP contribution in [-0.4, -0.2) is 35.0 Å². The van der Waals surface area contributed by atoms with Crippen molar-refractivity contribution in [3.8, 4) is 0 Å². The van der Waals surface area contributed by atoms with E-state index >= 15 is 0 Å². The van der Waals surface area contributed by atoms with Crippen molar-refractivity contribution in [2.45, 2.75) is 38.6 Å². The fraction of sp³-hybridized carbons (Fsp3) is 0.333. The Labute approximate surface area is 191 Å². The van der Waals surface area contributed by atoms with Crippen LogP contribution in [0, 0.1) is 5.82 Å². The number of nitrogens with zero attached hydrogens (tertiary/aromatic N) is 2. The Hall–Kier alpha value is -2.74. The maximum atomic E-state index is 13.3. The topological polar surface area (TPSA) is 67.6 Å². The van der Waals surface area contributed by atoms with Gasteiger partial charge in [-0.3, -0.25) is 9.69 Å². The maximum absolute atomic E-state index is 13.3. The van der Waals surface area contributed by atoms with E-state index in [1.54, 1.807) is 12.1 Å². The lowest BCUT2D eigenvalue weighted by Gasteiger charge is -2.21. The number of ether oxygens (including phenoxy) is 1. The third kappa shape index (κ3) is 6.16. The van der Waals surface area contributed by atoms with Crippen molar-refractivity contribution in [2.24, 2.45) is 0 Å². The Balaban J connectivity index is 1.43. The molecule has 2 heterocycles. The quantitative estimate of drug-likeness (QED) is 0.509. The van der Waals surface area contributed by atoms with Crippen molar-refractivity contribution < 1.29 is 18.3 Å². The minimum atomic E-state index is -0.285. The number of hydrogen-bond donors (Lipinski definition) is 1. The van der Waals surface area contributed by atoms with E-state index in [-0.39, 0.29) is 23.5 Å². The van der Waals surface area contributed by atoms with E-state index in [0.29, 0.717) is 37.1 Å². The number of carbonyl (C=O) groups excluding carboxylic acids is 1. The first-order chi connectivity index (χ1) is 15.6. The summed E-state index contributed by atoms with van der Waals surface area (Å²) in [6.07, 6.45) is 3.40. The smallest absolute Gasteiger partial charge is 0.273 e. The first-order valence-corrected chi connectivity index (χ1v) is 11.0. The zero-order valence-electron chi connectivity index (χ0n) is 17.6. The second-order valence-corrected chi connectivity index (χ2v) is 8.24. The molecule has 1 aliphatic rings. The fourth-order valence-corrected chi connectivity index (χ4v) is 3.86. The molecule has 6 nitrogen and oxygen atoms in total. The highest BCUT2D eigenvalue weighted by molar-refractivity contribution is 6.31. The van der Waals surface area contributed by atoms with E-state index < -0.39 is 0 Å². The number of aromatic nitrogens is 1. The van der Waals surface area contributed by atoms with Gasteiger partial charge >= 0.3 is 0 Å². The fourth-order valence-electron chi connectivity index (χ4n) is 3.66. The summed E-state index contributed by atoms with van der Waals surface area (Å²) in [4.78, 5) is 18.8. The lowest BCUT2D eigenvalue weighted by atomic mass is 10.1. The summed E-state index contributed by atoms with van der Waals surface area (Å²) in [6, 6.07) is 14.0. The van der Waals surface area contributed by atoms with Gasteiger partial charge in [0.05, 0.1) is 12.6 Å². The molecule has 32 heavy (non-hydrogen) atoms. The van der Waals surface area contributed by atoms with Crippen LogP contribution in [0.1, 0.15) is 40.3 Å². The molecule has 0 unspecified atom stereocenters. The van der Waals surface area contributed by atoms with Gasteiger partial charge in [-0.15, -0.1) is 0 Å². The number of oxazole rings is 1. The first kappa shape index (κ1) is 22.5. The number of hydrogen-bond acceptors (Lipinski definition) is 5. The van der Waals surface area contributed by atoms with Crippen molar-refractivity contribution in [2.75, 3.05) is 13.2 Å². The van der Waals surface area contributed by atoms with Gasteiger partial charge in [-0.25, -0.2) is 9.37 Å². The molecule has 1 aromatic heterocycles. The van der Waals surface area contributed by atoms with Crippen LogP contribution in [0.2, 0.25) is 5.02 Å². The van der Waals surface area contributed by atoms with E-state index in [2.05, 4.69) is 15.2 Å². The van der Waals surface area contributed by atoms with Crippen molar-refractivity contribution in [3.63, 3.8) is 0 Å². The largest absolute Gasteiger partial charge is 0.447 e. The minimum absolute atomic E-state index is 0.0622. The molecule has 0 radical (unpaired) electrons. The molecule has 0 spiro atoms. The Morgan fingerprint density at radius 3 is 2.72 bits per heavy atom. The average molecular weight is 458 g/mol. The van der Waals surface area contributed by atoms with Gasteiger partial charge in [-0.1, -0.05) is 41.9 Å². The molecule has 3 aromatic rings. The van der Waals surface area contributed by atoms with Gasteiger partial charge in [0.1, 0.15) is 12.1 Å². The summed E-state index contributed by atoms with van der Waals surface area (Å²) < 4.78 is 24.4. The lowest BCUT2D eigenvalue weighted by molar-refractivity contribution is 0.0853. The summed E-state index contributed by atoms with van der Waals surface area (Å²) in [6.45, 7) is 2.64. The summed E-state index contributed by atoms with van der Waals surface area (Å²) in [7, 11) is 0. The lowest BCUT2D eigenvalue weighted by Crippen LogP contribution is -2.32. The molecule has 1 amide bonds. The van der Waals surface area contributed by atoms with Crippen LogP contribution in [0.4, 0.5) is 4.39 Å². The van der Waals surface area contributed by atoms with Crippen LogP contribution in [0.25, 0.3) is 0 Å². The van der Waals surface area contributed by atoms with E-state index in [0.717, 1.165) is 30.6 Å². The zero-order valence-corrected chi connectivity index (χ0v) is 18.4. The SMILES string of the molecule is O=C(NC[C@H]1CCCO1)c1coc(CN(Cc2ccc(F)cc2)Cc2ccccc2Cl)n1. The molecule has 0 saturated carbocycles. The molecule has 2 aromatic carbocycles. The van der Waals surface area contributed by atoms with Crippen LogP contribution < -0.4 is 5.32 Å². The molecule has 168 valence electrons. The highest BCUT2D eigenvalue weighted by atomic mass is 35.5. The van der Waals surface area contributed by atoms with Crippen molar-refractivity contribution in [1.29, 1.82) is 0 Å². The van der Waals surface area contributed by atoms with Gasteiger partial charge in [0.2, 0.25) is 5.89 Å². The number of rotatable bonds is 9. The zero-order chi connectivity index (χ0) is 22.3. The minimum Gasteiger partial charge on any atom is -0.447 e. The summed E-state index contributed by atoms with van der Waals surface area (Å²) >= 11 is 6.35. The Morgan fingerprint density at radius 1 is 1.16 bits per heavy atom. The summed E-state index contributed by atoms with van der Waals surface area (Å²) in [5, 5.41) is 3.51. The predicted octanol–water partition coefficient (Wildman–Crippen LogP) is 4.58. The molecule has 1 atom stereocenters. The maximum Gasteiger partial charge on any atom is 0.273 e. The number of carbonyl (C=O) groups is 1. The molecule has 8 heteroatoms. The summed E-state index contributed by atoms with van der Waals surface area (Å²) in [5.74, 6) is -0.147. The Kier molecular flexibility index (Phi) is 7.52. The van der Waals surface area contributed by atoms with Crippen LogP contribution in [0.5, 0.6) is 0 Å². The monoisotopic (exact) mass is 457 g/mol. The van der Waals surface area contributed by atoms with Crippen LogP contribution in [-0.2, 0) is 24.4 Å². The standard InChI is InChI=1S/C24H25ClFN3O3/c25-21-6-2-1-4-18(21)14-29(13-17-7-9-19(26)10-8-17)15-23-28-22(16-32-23)24(30)27-12-20-5-3-11-31-20/h1-2,4,6-10,16,20H,3,5,11-15H2,(H,27,30)/t20-/m1/s1. The summed E-state index contributed by atoms with van der Waals surface area (Å²) in [5.41, 5.74) is 2.13. The molecular formula is C24H25ClFN3O3. The van der Waals surface area contributed by atoms with E-state index in [1.807, 2.05) is 24.3 Å².